The number of amides is 2. The lowest BCUT2D eigenvalue weighted by Gasteiger charge is -2.30. The third kappa shape index (κ3) is 4.32. The number of ether oxygens (including phenoxy) is 1. The molecule has 6 heteroatoms. The number of carbonyl (C=O) groups is 1. The highest BCUT2D eigenvalue weighted by atomic mass is 16.5. The molecule has 2 aromatic rings. The van der Waals surface area contributed by atoms with Crippen molar-refractivity contribution in [1.29, 1.82) is 0 Å². The first-order chi connectivity index (χ1) is 12.2. The number of likely N-dealkylation sites (tertiary alicyclic amines) is 1. The summed E-state index contributed by atoms with van der Waals surface area (Å²) in [5.74, 6) is 1.50. The molecule has 2 amide bonds. The van der Waals surface area contributed by atoms with Crippen LogP contribution in [0.4, 0.5) is 4.79 Å². The van der Waals surface area contributed by atoms with Crippen LogP contribution in [0.25, 0.3) is 0 Å². The second kappa shape index (κ2) is 8.05. The van der Waals surface area contributed by atoms with Crippen LogP contribution in [0.2, 0.25) is 0 Å². The van der Waals surface area contributed by atoms with E-state index in [-0.39, 0.29) is 12.1 Å². The molecule has 0 saturated carbocycles. The van der Waals surface area contributed by atoms with Crippen LogP contribution in [0.5, 0.6) is 5.75 Å². The molecule has 1 aromatic carbocycles. The summed E-state index contributed by atoms with van der Waals surface area (Å²) < 4.78 is 10.4. The molecule has 0 bridgehead atoms. The van der Waals surface area contributed by atoms with Gasteiger partial charge in [0.2, 0.25) is 0 Å². The molecule has 3 rings (SSSR count). The van der Waals surface area contributed by atoms with Crippen LogP contribution < -0.4 is 10.1 Å². The first-order valence-electron chi connectivity index (χ1n) is 8.78. The zero-order valence-electron chi connectivity index (χ0n) is 14.8. The lowest BCUT2D eigenvalue weighted by atomic mass is 10.0. The summed E-state index contributed by atoms with van der Waals surface area (Å²) in [4.78, 5) is 14.7. The van der Waals surface area contributed by atoms with Gasteiger partial charge >= 0.3 is 6.03 Å². The second-order valence-corrected chi connectivity index (χ2v) is 6.42. The molecule has 2 heterocycles. The van der Waals surface area contributed by atoms with Gasteiger partial charge in [-0.05, 0) is 37.5 Å². The van der Waals surface area contributed by atoms with Gasteiger partial charge in [-0.1, -0.05) is 30.1 Å². The Morgan fingerprint density at radius 1 is 1.32 bits per heavy atom. The number of aromatic nitrogens is 1. The van der Waals surface area contributed by atoms with E-state index in [2.05, 4.69) is 22.6 Å². The SMILES string of the molecule is COc1ccc([C@H]2CCCCCN2C(=O)NCc2cc(C)no2)cc1. The first-order valence-corrected chi connectivity index (χ1v) is 8.78. The standard InChI is InChI=1S/C19H25N3O3/c1-14-12-17(25-21-14)13-20-19(23)22-11-5-3-4-6-18(22)15-7-9-16(24-2)10-8-15/h7-10,12,18H,3-6,11,13H2,1-2H3,(H,20,23)/t18-/m1/s1. The largest absolute Gasteiger partial charge is 0.497 e. The highest BCUT2D eigenvalue weighted by molar-refractivity contribution is 5.74. The zero-order chi connectivity index (χ0) is 17.6. The van der Waals surface area contributed by atoms with Gasteiger partial charge in [-0.25, -0.2) is 4.79 Å². The average molecular weight is 343 g/mol. The molecule has 1 saturated heterocycles. The number of benzene rings is 1. The maximum atomic E-state index is 12.8. The third-order valence-electron chi connectivity index (χ3n) is 4.60. The van der Waals surface area contributed by atoms with E-state index >= 15 is 0 Å². The van der Waals surface area contributed by atoms with Gasteiger partial charge in [0.25, 0.3) is 0 Å². The van der Waals surface area contributed by atoms with Crippen LogP contribution in [0, 0.1) is 6.92 Å². The van der Waals surface area contributed by atoms with Gasteiger partial charge in [0, 0.05) is 12.6 Å². The Balaban J connectivity index is 1.71. The maximum Gasteiger partial charge on any atom is 0.318 e. The van der Waals surface area contributed by atoms with Gasteiger partial charge in [0.1, 0.15) is 5.75 Å². The van der Waals surface area contributed by atoms with E-state index in [1.54, 1.807) is 7.11 Å². The molecule has 1 aliphatic rings. The van der Waals surface area contributed by atoms with Gasteiger partial charge < -0.3 is 19.5 Å². The zero-order valence-corrected chi connectivity index (χ0v) is 14.8. The quantitative estimate of drug-likeness (QED) is 0.916. The van der Waals surface area contributed by atoms with Crippen molar-refractivity contribution in [2.45, 2.75) is 45.2 Å². The van der Waals surface area contributed by atoms with Crippen molar-refractivity contribution in [1.82, 2.24) is 15.4 Å². The minimum absolute atomic E-state index is 0.0585. The smallest absolute Gasteiger partial charge is 0.318 e. The second-order valence-electron chi connectivity index (χ2n) is 6.42. The van der Waals surface area contributed by atoms with Crippen molar-refractivity contribution in [3.63, 3.8) is 0 Å². The Morgan fingerprint density at radius 2 is 2.12 bits per heavy atom. The topological polar surface area (TPSA) is 67.6 Å². The van der Waals surface area contributed by atoms with Crippen molar-refractivity contribution in [3.8, 4) is 5.75 Å². The Labute approximate surface area is 148 Å². The fourth-order valence-corrected chi connectivity index (χ4v) is 3.29. The number of nitrogens with zero attached hydrogens (tertiary/aromatic N) is 2. The Kier molecular flexibility index (Phi) is 5.58. The summed E-state index contributed by atoms with van der Waals surface area (Å²) in [6.45, 7) is 2.98. The minimum atomic E-state index is -0.0585. The van der Waals surface area contributed by atoms with Gasteiger partial charge in [-0.3, -0.25) is 0 Å². The molecule has 6 nitrogen and oxygen atoms in total. The van der Waals surface area contributed by atoms with Crippen LogP contribution in [-0.4, -0.2) is 29.7 Å². The summed E-state index contributed by atoms with van der Waals surface area (Å²) >= 11 is 0. The minimum Gasteiger partial charge on any atom is -0.497 e. The maximum absolute atomic E-state index is 12.8. The number of methoxy groups -OCH3 is 1. The van der Waals surface area contributed by atoms with Crippen molar-refractivity contribution in [2.75, 3.05) is 13.7 Å². The van der Waals surface area contributed by atoms with Gasteiger partial charge in [0.05, 0.1) is 25.4 Å². The monoisotopic (exact) mass is 343 g/mol. The van der Waals surface area contributed by atoms with E-state index in [4.69, 9.17) is 9.26 Å². The first kappa shape index (κ1) is 17.3. The van der Waals surface area contributed by atoms with Gasteiger partial charge in [-0.15, -0.1) is 0 Å². The van der Waals surface area contributed by atoms with E-state index in [1.165, 1.54) is 0 Å². The number of nitrogens with one attached hydrogen (secondary N) is 1. The molecule has 1 atom stereocenters. The molecule has 0 unspecified atom stereocenters. The van der Waals surface area contributed by atoms with E-state index in [0.29, 0.717) is 12.3 Å². The molecule has 134 valence electrons. The molecule has 1 fully saturated rings. The molecule has 25 heavy (non-hydrogen) atoms. The fraction of sp³-hybridized carbons (Fsp3) is 0.474. The van der Waals surface area contributed by atoms with Gasteiger partial charge in [-0.2, -0.15) is 0 Å². The summed E-state index contributed by atoms with van der Waals surface area (Å²) in [5.41, 5.74) is 1.96. The summed E-state index contributed by atoms with van der Waals surface area (Å²) in [6, 6.07) is 9.87. The Hall–Kier alpha value is -2.50. The molecule has 0 aliphatic carbocycles. The van der Waals surface area contributed by atoms with Crippen LogP contribution in [-0.2, 0) is 6.54 Å². The van der Waals surface area contributed by atoms with Crippen molar-refractivity contribution in [3.05, 3.63) is 47.3 Å². The molecule has 1 N–H and O–H groups in total. The fourth-order valence-electron chi connectivity index (χ4n) is 3.29. The van der Waals surface area contributed by atoms with Gasteiger partial charge in [0.15, 0.2) is 5.76 Å². The highest BCUT2D eigenvalue weighted by Gasteiger charge is 2.26. The summed E-state index contributed by atoms with van der Waals surface area (Å²) in [5, 5.41) is 6.81. The lowest BCUT2D eigenvalue weighted by molar-refractivity contribution is 0.174. The number of urea groups is 1. The van der Waals surface area contributed by atoms with E-state index in [9.17, 15) is 4.79 Å². The summed E-state index contributed by atoms with van der Waals surface area (Å²) in [7, 11) is 1.66. The number of hydrogen-bond donors (Lipinski definition) is 1. The molecule has 0 spiro atoms. The number of aryl methyl sites for hydroxylation is 1. The predicted molar refractivity (Wildman–Crippen MR) is 94.4 cm³/mol. The molecular formula is C19H25N3O3. The van der Waals surface area contributed by atoms with E-state index < -0.39 is 0 Å². The lowest BCUT2D eigenvalue weighted by Crippen LogP contribution is -2.41. The van der Waals surface area contributed by atoms with Crippen molar-refractivity contribution >= 4 is 6.03 Å². The van der Waals surface area contributed by atoms with Crippen LogP contribution >= 0.6 is 0 Å². The van der Waals surface area contributed by atoms with Crippen LogP contribution in [0.3, 0.4) is 0 Å². The Bertz CT molecular complexity index is 696. The third-order valence-corrected chi connectivity index (χ3v) is 4.60. The van der Waals surface area contributed by atoms with E-state index in [1.807, 2.05) is 30.0 Å². The number of rotatable bonds is 4. The Morgan fingerprint density at radius 3 is 2.80 bits per heavy atom. The number of carbonyl (C=O) groups excluding carboxylic acids is 1. The van der Waals surface area contributed by atoms with Crippen LogP contribution in [0.1, 0.15) is 48.7 Å². The van der Waals surface area contributed by atoms with Crippen LogP contribution in [0.15, 0.2) is 34.9 Å². The predicted octanol–water partition coefficient (Wildman–Crippen LogP) is 3.82. The molecule has 1 aliphatic heterocycles. The highest BCUT2D eigenvalue weighted by Crippen LogP contribution is 2.31. The molecule has 0 radical (unpaired) electrons. The molecule has 1 aromatic heterocycles. The van der Waals surface area contributed by atoms with E-state index in [0.717, 1.165) is 49.2 Å². The van der Waals surface area contributed by atoms with Crippen molar-refractivity contribution < 1.29 is 14.1 Å². The normalized spacial score (nSPS) is 17.8. The number of hydrogen-bond acceptors (Lipinski definition) is 4. The van der Waals surface area contributed by atoms with Crippen molar-refractivity contribution in [2.24, 2.45) is 0 Å². The molecular weight excluding hydrogens is 318 g/mol. The summed E-state index contributed by atoms with van der Waals surface area (Å²) in [6.07, 6.45) is 4.28. The average Bonchev–Trinajstić information content (AvgIpc) is 2.90.